The number of ether oxygens (including phenoxy) is 2. The monoisotopic (exact) mass is 255 g/mol. The zero-order chi connectivity index (χ0) is 13.0. The molecule has 0 aromatic heterocycles. The normalized spacial score (nSPS) is 35.8. The van der Waals surface area contributed by atoms with Crippen LogP contribution in [0.4, 0.5) is 0 Å². The van der Waals surface area contributed by atoms with E-state index in [1.165, 1.54) is 25.7 Å². The molecule has 106 valence electrons. The second-order valence-corrected chi connectivity index (χ2v) is 6.58. The predicted molar refractivity (Wildman–Crippen MR) is 73.8 cm³/mol. The van der Waals surface area contributed by atoms with Crippen LogP contribution in [0.25, 0.3) is 0 Å². The van der Waals surface area contributed by atoms with Crippen molar-refractivity contribution >= 4 is 0 Å². The Labute approximate surface area is 112 Å². The lowest BCUT2D eigenvalue weighted by molar-refractivity contribution is -0.0646. The summed E-state index contributed by atoms with van der Waals surface area (Å²) in [6.45, 7) is 9.63. The summed E-state index contributed by atoms with van der Waals surface area (Å²) in [6, 6.07) is 0.532. The largest absolute Gasteiger partial charge is 0.376 e. The zero-order valence-corrected chi connectivity index (χ0v) is 12.2. The van der Waals surface area contributed by atoms with Gasteiger partial charge in [-0.1, -0.05) is 20.8 Å². The molecule has 0 aromatic rings. The lowest BCUT2D eigenvalue weighted by Gasteiger charge is -2.41. The van der Waals surface area contributed by atoms with Gasteiger partial charge in [0.1, 0.15) is 0 Å². The van der Waals surface area contributed by atoms with Gasteiger partial charge >= 0.3 is 0 Å². The summed E-state index contributed by atoms with van der Waals surface area (Å²) in [6.07, 6.45) is 6.76. The van der Waals surface area contributed by atoms with Gasteiger partial charge in [-0.3, -0.25) is 0 Å². The Kier molecular flexibility index (Phi) is 5.05. The Hall–Kier alpha value is -0.120. The SMILES string of the molecule is CCNC1CCC(C)(C)CC1OCC1CCCO1. The van der Waals surface area contributed by atoms with Crippen molar-refractivity contribution in [3.05, 3.63) is 0 Å². The summed E-state index contributed by atoms with van der Waals surface area (Å²) < 4.78 is 11.8. The molecule has 2 aliphatic rings. The van der Waals surface area contributed by atoms with Gasteiger partial charge in [-0.15, -0.1) is 0 Å². The molecular formula is C15H29NO2. The molecular weight excluding hydrogens is 226 g/mol. The van der Waals surface area contributed by atoms with Crippen LogP contribution in [-0.2, 0) is 9.47 Å². The topological polar surface area (TPSA) is 30.5 Å². The van der Waals surface area contributed by atoms with Crippen LogP contribution >= 0.6 is 0 Å². The molecule has 1 heterocycles. The summed E-state index contributed by atoms with van der Waals surface area (Å²) in [5.41, 5.74) is 0.424. The number of likely N-dealkylation sites (N-methyl/N-ethyl adjacent to an activating group) is 1. The summed E-state index contributed by atoms with van der Waals surface area (Å²) in [5.74, 6) is 0. The van der Waals surface area contributed by atoms with Crippen molar-refractivity contribution < 1.29 is 9.47 Å². The van der Waals surface area contributed by atoms with Gasteiger partial charge in [0, 0.05) is 12.6 Å². The lowest BCUT2D eigenvalue weighted by atomic mass is 9.74. The molecule has 0 amide bonds. The first-order chi connectivity index (χ1) is 8.61. The molecule has 0 aromatic carbocycles. The smallest absolute Gasteiger partial charge is 0.0809 e. The summed E-state index contributed by atoms with van der Waals surface area (Å²) >= 11 is 0. The molecule has 18 heavy (non-hydrogen) atoms. The highest BCUT2D eigenvalue weighted by atomic mass is 16.5. The first-order valence-electron chi connectivity index (χ1n) is 7.57. The highest BCUT2D eigenvalue weighted by Crippen LogP contribution is 2.36. The van der Waals surface area contributed by atoms with E-state index in [-0.39, 0.29) is 0 Å². The molecule has 0 spiro atoms. The zero-order valence-electron chi connectivity index (χ0n) is 12.2. The molecule has 0 radical (unpaired) electrons. The van der Waals surface area contributed by atoms with Crippen LogP contribution in [0, 0.1) is 5.41 Å². The molecule has 0 bridgehead atoms. The van der Waals surface area contributed by atoms with E-state index in [2.05, 4.69) is 26.1 Å². The van der Waals surface area contributed by atoms with Crippen LogP contribution in [-0.4, -0.2) is 38.0 Å². The predicted octanol–water partition coefficient (Wildman–Crippen LogP) is 2.74. The quantitative estimate of drug-likeness (QED) is 0.819. The van der Waals surface area contributed by atoms with Crippen molar-refractivity contribution in [2.75, 3.05) is 19.8 Å². The third-order valence-corrected chi connectivity index (χ3v) is 4.32. The minimum absolute atomic E-state index is 0.345. The van der Waals surface area contributed by atoms with E-state index < -0.39 is 0 Å². The maximum atomic E-state index is 6.18. The number of nitrogens with one attached hydrogen (secondary N) is 1. The molecule has 2 rings (SSSR count). The van der Waals surface area contributed by atoms with Crippen molar-refractivity contribution in [3.63, 3.8) is 0 Å². The van der Waals surface area contributed by atoms with Crippen LogP contribution in [0.1, 0.15) is 52.9 Å². The van der Waals surface area contributed by atoms with Crippen LogP contribution in [0.3, 0.4) is 0 Å². The Morgan fingerprint density at radius 2 is 2.17 bits per heavy atom. The average molecular weight is 255 g/mol. The highest BCUT2D eigenvalue weighted by molar-refractivity contribution is 4.90. The van der Waals surface area contributed by atoms with Gasteiger partial charge in [0.15, 0.2) is 0 Å². The van der Waals surface area contributed by atoms with E-state index >= 15 is 0 Å². The molecule has 2 fully saturated rings. The minimum atomic E-state index is 0.345. The number of rotatable bonds is 5. The second-order valence-electron chi connectivity index (χ2n) is 6.58. The number of hydrogen-bond donors (Lipinski definition) is 1. The maximum absolute atomic E-state index is 6.18. The Morgan fingerprint density at radius 3 is 2.83 bits per heavy atom. The molecule has 3 nitrogen and oxygen atoms in total. The Morgan fingerprint density at radius 1 is 1.33 bits per heavy atom. The van der Waals surface area contributed by atoms with E-state index in [9.17, 15) is 0 Å². The van der Waals surface area contributed by atoms with Crippen molar-refractivity contribution in [1.29, 1.82) is 0 Å². The van der Waals surface area contributed by atoms with Gasteiger partial charge in [0.05, 0.1) is 18.8 Å². The first kappa shape index (κ1) is 14.3. The second kappa shape index (κ2) is 6.36. The fraction of sp³-hybridized carbons (Fsp3) is 1.00. The fourth-order valence-electron chi connectivity index (χ4n) is 3.20. The molecule has 1 saturated carbocycles. The van der Waals surface area contributed by atoms with Crippen LogP contribution < -0.4 is 5.32 Å². The van der Waals surface area contributed by atoms with Gasteiger partial charge in [-0.25, -0.2) is 0 Å². The standard InChI is InChI=1S/C15H29NO2/c1-4-16-13-7-8-15(2,3)10-14(13)18-11-12-6-5-9-17-12/h12-14,16H,4-11H2,1-3H3. The molecule has 1 aliphatic heterocycles. The van der Waals surface area contributed by atoms with Gasteiger partial charge in [-0.2, -0.15) is 0 Å². The van der Waals surface area contributed by atoms with Crippen LogP contribution in [0.15, 0.2) is 0 Å². The average Bonchev–Trinajstić information content (AvgIpc) is 2.82. The summed E-state index contributed by atoms with van der Waals surface area (Å²) in [7, 11) is 0. The van der Waals surface area contributed by atoms with E-state index in [1.54, 1.807) is 0 Å². The van der Waals surface area contributed by atoms with Gasteiger partial charge in [0.25, 0.3) is 0 Å². The Bertz CT molecular complexity index is 249. The summed E-state index contributed by atoms with van der Waals surface area (Å²) in [5, 5.41) is 3.58. The van der Waals surface area contributed by atoms with Crippen molar-refractivity contribution in [1.82, 2.24) is 5.32 Å². The van der Waals surface area contributed by atoms with E-state index in [4.69, 9.17) is 9.47 Å². The van der Waals surface area contributed by atoms with Gasteiger partial charge in [0.2, 0.25) is 0 Å². The van der Waals surface area contributed by atoms with Gasteiger partial charge in [-0.05, 0) is 44.1 Å². The molecule has 3 atom stereocenters. The van der Waals surface area contributed by atoms with E-state index in [0.29, 0.717) is 23.7 Å². The maximum Gasteiger partial charge on any atom is 0.0809 e. The molecule has 3 heteroatoms. The summed E-state index contributed by atoms with van der Waals surface area (Å²) in [4.78, 5) is 0. The third kappa shape index (κ3) is 3.94. The van der Waals surface area contributed by atoms with Gasteiger partial charge < -0.3 is 14.8 Å². The molecule has 1 saturated heterocycles. The third-order valence-electron chi connectivity index (χ3n) is 4.32. The lowest BCUT2D eigenvalue weighted by Crippen LogP contribution is -2.48. The molecule has 3 unspecified atom stereocenters. The van der Waals surface area contributed by atoms with Crippen molar-refractivity contribution in [2.24, 2.45) is 5.41 Å². The van der Waals surface area contributed by atoms with E-state index in [0.717, 1.165) is 26.2 Å². The minimum Gasteiger partial charge on any atom is -0.376 e. The molecule has 1 N–H and O–H groups in total. The number of hydrogen-bond acceptors (Lipinski definition) is 3. The first-order valence-corrected chi connectivity index (χ1v) is 7.57. The Balaban J connectivity index is 1.83. The van der Waals surface area contributed by atoms with Crippen molar-refractivity contribution in [2.45, 2.75) is 71.1 Å². The van der Waals surface area contributed by atoms with Crippen molar-refractivity contribution in [3.8, 4) is 0 Å². The highest BCUT2D eigenvalue weighted by Gasteiger charge is 2.35. The fourth-order valence-corrected chi connectivity index (χ4v) is 3.20. The van der Waals surface area contributed by atoms with Crippen LogP contribution in [0.5, 0.6) is 0 Å². The van der Waals surface area contributed by atoms with E-state index in [1.807, 2.05) is 0 Å². The molecule has 1 aliphatic carbocycles. The van der Waals surface area contributed by atoms with Crippen LogP contribution in [0.2, 0.25) is 0 Å².